The van der Waals surface area contributed by atoms with Gasteiger partial charge < -0.3 is 19.9 Å². The van der Waals surface area contributed by atoms with Crippen LogP contribution in [0.3, 0.4) is 0 Å². The Labute approximate surface area is 109 Å². The molecule has 0 bridgehead atoms. The molecule has 0 heterocycles. The third kappa shape index (κ3) is 6.00. The summed E-state index contributed by atoms with van der Waals surface area (Å²) in [6.07, 6.45) is -0.467. The number of hydrogen-bond donors (Lipinski definition) is 2. The fraction of sp³-hybridized carbons (Fsp3) is 0.571. The van der Waals surface area contributed by atoms with Gasteiger partial charge in [-0.25, -0.2) is 0 Å². The molecule has 0 aliphatic rings. The smallest absolute Gasteiger partial charge is 0.118 e. The lowest BCUT2D eigenvalue weighted by Gasteiger charge is -2.14. The monoisotopic (exact) mass is 253 g/mol. The highest BCUT2D eigenvalue weighted by Gasteiger charge is 2.05. The molecule has 0 radical (unpaired) electrons. The van der Waals surface area contributed by atoms with Crippen molar-refractivity contribution in [2.45, 2.75) is 32.6 Å². The molecule has 1 rings (SSSR count). The van der Waals surface area contributed by atoms with Gasteiger partial charge in [0.2, 0.25) is 0 Å². The SMILES string of the molecule is COc1ccc(COC[C@H](O)CNC(C)C)cc1. The Bertz CT molecular complexity index is 324. The zero-order chi connectivity index (χ0) is 13.4. The lowest BCUT2D eigenvalue weighted by molar-refractivity contribution is 0.0280. The van der Waals surface area contributed by atoms with Crippen molar-refractivity contribution in [3.63, 3.8) is 0 Å². The van der Waals surface area contributed by atoms with Crippen molar-refractivity contribution in [2.75, 3.05) is 20.3 Å². The van der Waals surface area contributed by atoms with Gasteiger partial charge in [-0.2, -0.15) is 0 Å². The number of aliphatic hydroxyl groups excluding tert-OH is 1. The van der Waals surface area contributed by atoms with Gasteiger partial charge in [0, 0.05) is 12.6 Å². The third-order valence-electron chi connectivity index (χ3n) is 2.50. The van der Waals surface area contributed by atoms with E-state index in [2.05, 4.69) is 5.32 Å². The van der Waals surface area contributed by atoms with Crippen LogP contribution in [0.1, 0.15) is 19.4 Å². The second-order valence-corrected chi connectivity index (χ2v) is 4.58. The first-order chi connectivity index (χ1) is 8.61. The van der Waals surface area contributed by atoms with E-state index in [0.717, 1.165) is 11.3 Å². The van der Waals surface area contributed by atoms with E-state index in [1.165, 1.54) is 0 Å². The van der Waals surface area contributed by atoms with Crippen LogP contribution in [0.15, 0.2) is 24.3 Å². The maximum Gasteiger partial charge on any atom is 0.118 e. The molecule has 4 nitrogen and oxygen atoms in total. The molecule has 0 saturated heterocycles. The van der Waals surface area contributed by atoms with Crippen molar-refractivity contribution in [1.29, 1.82) is 0 Å². The molecule has 2 N–H and O–H groups in total. The molecule has 0 fully saturated rings. The van der Waals surface area contributed by atoms with Crippen LogP contribution in [0.4, 0.5) is 0 Å². The lowest BCUT2D eigenvalue weighted by atomic mass is 10.2. The number of ether oxygens (including phenoxy) is 2. The van der Waals surface area contributed by atoms with E-state index in [1.807, 2.05) is 38.1 Å². The molecule has 4 heteroatoms. The summed E-state index contributed by atoms with van der Waals surface area (Å²) in [5.74, 6) is 0.833. The summed E-state index contributed by atoms with van der Waals surface area (Å²) >= 11 is 0. The Morgan fingerprint density at radius 2 is 1.89 bits per heavy atom. The molecule has 1 aromatic rings. The third-order valence-corrected chi connectivity index (χ3v) is 2.50. The number of nitrogens with one attached hydrogen (secondary N) is 1. The Balaban J connectivity index is 2.20. The lowest BCUT2D eigenvalue weighted by Crippen LogP contribution is -2.34. The zero-order valence-corrected chi connectivity index (χ0v) is 11.3. The van der Waals surface area contributed by atoms with E-state index in [9.17, 15) is 5.11 Å². The van der Waals surface area contributed by atoms with Gasteiger partial charge in [0.25, 0.3) is 0 Å². The van der Waals surface area contributed by atoms with Crippen molar-refractivity contribution in [3.8, 4) is 5.75 Å². The molecular weight excluding hydrogens is 230 g/mol. The Morgan fingerprint density at radius 1 is 1.22 bits per heavy atom. The van der Waals surface area contributed by atoms with E-state index in [0.29, 0.717) is 25.8 Å². The van der Waals surface area contributed by atoms with Gasteiger partial charge in [0.05, 0.1) is 26.4 Å². The average Bonchev–Trinajstić information content (AvgIpc) is 2.37. The minimum Gasteiger partial charge on any atom is -0.497 e. The first kappa shape index (κ1) is 15.0. The Hall–Kier alpha value is -1.10. The maximum atomic E-state index is 9.65. The summed E-state index contributed by atoms with van der Waals surface area (Å²) in [5.41, 5.74) is 1.07. The van der Waals surface area contributed by atoms with Crippen molar-refractivity contribution < 1.29 is 14.6 Å². The van der Waals surface area contributed by atoms with Gasteiger partial charge in [-0.3, -0.25) is 0 Å². The molecule has 1 aromatic carbocycles. The molecule has 0 aliphatic heterocycles. The van der Waals surface area contributed by atoms with Gasteiger partial charge in [-0.1, -0.05) is 26.0 Å². The quantitative estimate of drug-likeness (QED) is 0.738. The number of methoxy groups -OCH3 is 1. The molecule has 0 aliphatic carbocycles. The van der Waals surface area contributed by atoms with Gasteiger partial charge in [0.1, 0.15) is 5.75 Å². The second kappa shape index (κ2) is 8.08. The van der Waals surface area contributed by atoms with Crippen molar-refractivity contribution >= 4 is 0 Å². The zero-order valence-electron chi connectivity index (χ0n) is 11.3. The van der Waals surface area contributed by atoms with Gasteiger partial charge in [-0.05, 0) is 17.7 Å². The highest BCUT2D eigenvalue weighted by Crippen LogP contribution is 2.11. The van der Waals surface area contributed by atoms with Crippen LogP contribution < -0.4 is 10.1 Å². The fourth-order valence-corrected chi connectivity index (χ4v) is 1.47. The molecule has 1 atom stereocenters. The summed E-state index contributed by atoms with van der Waals surface area (Å²) in [6, 6.07) is 8.08. The fourth-order valence-electron chi connectivity index (χ4n) is 1.47. The van der Waals surface area contributed by atoms with E-state index < -0.39 is 6.10 Å². The van der Waals surface area contributed by atoms with Gasteiger partial charge in [-0.15, -0.1) is 0 Å². The van der Waals surface area contributed by atoms with Crippen LogP contribution in [-0.2, 0) is 11.3 Å². The van der Waals surface area contributed by atoms with Crippen LogP contribution in [0.2, 0.25) is 0 Å². The minimum atomic E-state index is -0.467. The molecule has 0 saturated carbocycles. The first-order valence-corrected chi connectivity index (χ1v) is 6.24. The number of benzene rings is 1. The van der Waals surface area contributed by atoms with Gasteiger partial charge >= 0.3 is 0 Å². The highest BCUT2D eigenvalue weighted by molar-refractivity contribution is 5.26. The van der Waals surface area contributed by atoms with E-state index in [4.69, 9.17) is 9.47 Å². The molecular formula is C14H23NO3. The predicted octanol–water partition coefficient (Wildman–Crippen LogP) is 1.57. The van der Waals surface area contributed by atoms with Crippen LogP contribution >= 0.6 is 0 Å². The number of hydrogen-bond acceptors (Lipinski definition) is 4. The first-order valence-electron chi connectivity index (χ1n) is 6.24. The highest BCUT2D eigenvalue weighted by atomic mass is 16.5. The van der Waals surface area contributed by atoms with E-state index >= 15 is 0 Å². The summed E-state index contributed by atoms with van der Waals surface area (Å²) < 4.78 is 10.5. The molecule has 0 amide bonds. The number of rotatable bonds is 8. The van der Waals surface area contributed by atoms with Crippen LogP contribution in [0.5, 0.6) is 5.75 Å². The normalized spacial score (nSPS) is 12.7. The topological polar surface area (TPSA) is 50.7 Å². The second-order valence-electron chi connectivity index (χ2n) is 4.58. The summed E-state index contributed by atoms with van der Waals surface area (Å²) in [4.78, 5) is 0. The largest absolute Gasteiger partial charge is 0.497 e. The van der Waals surface area contributed by atoms with Crippen LogP contribution in [0, 0.1) is 0 Å². The van der Waals surface area contributed by atoms with Gasteiger partial charge in [0.15, 0.2) is 0 Å². The Kier molecular flexibility index (Phi) is 6.72. The molecule has 0 spiro atoms. The minimum absolute atomic E-state index is 0.339. The molecule has 102 valence electrons. The van der Waals surface area contributed by atoms with Crippen LogP contribution in [0.25, 0.3) is 0 Å². The molecule has 0 aromatic heterocycles. The van der Waals surface area contributed by atoms with Crippen molar-refractivity contribution in [1.82, 2.24) is 5.32 Å². The standard InChI is InChI=1S/C14H23NO3/c1-11(2)15-8-13(16)10-18-9-12-4-6-14(17-3)7-5-12/h4-7,11,13,15-16H,8-10H2,1-3H3/t13-/m1/s1. The van der Waals surface area contributed by atoms with Crippen molar-refractivity contribution in [3.05, 3.63) is 29.8 Å². The van der Waals surface area contributed by atoms with Crippen LogP contribution in [-0.4, -0.2) is 37.5 Å². The maximum absolute atomic E-state index is 9.65. The predicted molar refractivity (Wildman–Crippen MR) is 71.8 cm³/mol. The van der Waals surface area contributed by atoms with Crippen molar-refractivity contribution in [2.24, 2.45) is 0 Å². The van der Waals surface area contributed by atoms with E-state index in [-0.39, 0.29) is 0 Å². The molecule has 18 heavy (non-hydrogen) atoms. The average molecular weight is 253 g/mol. The Morgan fingerprint density at radius 3 is 2.44 bits per heavy atom. The summed E-state index contributed by atoms with van der Waals surface area (Å²) in [5, 5.41) is 12.8. The summed E-state index contributed by atoms with van der Waals surface area (Å²) in [6.45, 7) is 5.49. The van der Waals surface area contributed by atoms with E-state index in [1.54, 1.807) is 7.11 Å². The molecule has 0 unspecified atom stereocenters. The number of aliphatic hydroxyl groups is 1. The summed E-state index contributed by atoms with van der Waals surface area (Å²) in [7, 11) is 1.64.